The van der Waals surface area contributed by atoms with Gasteiger partial charge in [-0.05, 0) is 31.5 Å². The van der Waals surface area contributed by atoms with Crippen LogP contribution in [-0.4, -0.2) is 37.1 Å². The SMILES string of the molecule is CC(C)OCCN(C)C(=O)Cc1ccc(S)cc1. The molecular weight excluding hydrogens is 246 g/mol. The van der Waals surface area contributed by atoms with Crippen LogP contribution < -0.4 is 0 Å². The van der Waals surface area contributed by atoms with Crippen LogP contribution in [-0.2, 0) is 16.0 Å². The molecule has 1 rings (SSSR count). The highest BCUT2D eigenvalue weighted by atomic mass is 32.1. The summed E-state index contributed by atoms with van der Waals surface area (Å²) in [5.74, 6) is 0.106. The van der Waals surface area contributed by atoms with E-state index in [-0.39, 0.29) is 12.0 Å². The van der Waals surface area contributed by atoms with Crippen molar-refractivity contribution < 1.29 is 9.53 Å². The van der Waals surface area contributed by atoms with Crippen LogP contribution in [0.1, 0.15) is 19.4 Å². The van der Waals surface area contributed by atoms with E-state index in [2.05, 4.69) is 12.6 Å². The number of carbonyl (C=O) groups excluding carboxylic acids is 1. The predicted molar refractivity (Wildman–Crippen MR) is 76.1 cm³/mol. The van der Waals surface area contributed by atoms with E-state index in [0.29, 0.717) is 19.6 Å². The summed E-state index contributed by atoms with van der Waals surface area (Å²) in [6, 6.07) is 7.65. The fraction of sp³-hybridized carbons (Fsp3) is 0.500. The van der Waals surface area contributed by atoms with Crippen LogP contribution in [0.25, 0.3) is 0 Å². The van der Waals surface area contributed by atoms with Gasteiger partial charge < -0.3 is 9.64 Å². The van der Waals surface area contributed by atoms with Crippen molar-refractivity contribution >= 4 is 18.5 Å². The minimum Gasteiger partial charge on any atom is -0.377 e. The van der Waals surface area contributed by atoms with Crippen molar-refractivity contribution in [2.75, 3.05) is 20.2 Å². The molecule has 0 aliphatic heterocycles. The number of amides is 1. The van der Waals surface area contributed by atoms with Gasteiger partial charge in [-0.15, -0.1) is 12.6 Å². The molecule has 1 amide bonds. The Kier molecular flexibility index (Phi) is 6.22. The lowest BCUT2D eigenvalue weighted by Gasteiger charge is -2.18. The molecule has 0 aromatic heterocycles. The average molecular weight is 267 g/mol. The van der Waals surface area contributed by atoms with Crippen molar-refractivity contribution in [3.05, 3.63) is 29.8 Å². The predicted octanol–water partition coefficient (Wildman–Crippen LogP) is 2.40. The third kappa shape index (κ3) is 5.56. The first-order valence-corrected chi connectivity index (χ1v) is 6.57. The molecule has 0 radical (unpaired) electrons. The molecule has 0 saturated carbocycles. The van der Waals surface area contributed by atoms with E-state index < -0.39 is 0 Å². The number of thiol groups is 1. The van der Waals surface area contributed by atoms with Crippen LogP contribution >= 0.6 is 12.6 Å². The maximum atomic E-state index is 11.9. The molecule has 0 aliphatic rings. The van der Waals surface area contributed by atoms with E-state index in [4.69, 9.17) is 4.74 Å². The minimum atomic E-state index is 0.106. The molecule has 100 valence electrons. The Labute approximate surface area is 115 Å². The molecule has 1 aromatic carbocycles. The molecule has 0 saturated heterocycles. The van der Waals surface area contributed by atoms with Gasteiger partial charge in [0.1, 0.15) is 0 Å². The lowest BCUT2D eigenvalue weighted by atomic mass is 10.1. The third-order valence-corrected chi connectivity index (χ3v) is 2.89. The first-order chi connectivity index (χ1) is 8.49. The molecule has 0 fully saturated rings. The molecule has 0 atom stereocenters. The van der Waals surface area contributed by atoms with Crippen LogP contribution in [0.5, 0.6) is 0 Å². The Morgan fingerprint density at radius 2 is 1.94 bits per heavy atom. The fourth-order valence-electron chi connectivity index (χ4n) is 1.47. The van der Waals surface area contributed by atoms with Gasteiger partial charge in [-0.25, -0.2) is 0 Å². The van der Waals surface area contributed by atoms with Gasteiger partial charge in [0, 0.05) is 18.5 Å². The number of ether oxygens (including phenoxy) is 1. The highest BCUT2D eigenvalue weighted by Gasteiger charge is 2.09. The van der Waals surface area contributed by atoms with Crippen molar-refractivity contribution in [2.24, 2.45) is 0 Å². The van der Waals surface area contributed by atoms with Crippen LogP contribution in [0.3, 0.4) is 0 Å². The van der Waals surface area contributed by atoms with E-state index in [0.717, 1.165) is 10.5 Å². The monoisotopic (exact) mass is 267 g/mol. The lowest BCUT2D eigenvalue weighted by Crippen LogP contribution is -2.31. The zero-order valence-corrected chi connectivity index (χ0v) is 12.1. The first kappa shape index (κ1) is 15.1. The van der Waals surface area contributed by atoms with Crippen molar-refractivity contribution in [1.29, 1.82) is 0 Å². The Balaban J connectivity index is 2.37. The maximum absolute atomic E-state index is 11.9. The topological polar surface area (TPSA) is 29.5 Å². The summed E-state index contributed by atoms with van der Waals surface area (Å²) in [6.07, 6.45) is 0.628. The molecule has 0 spiro atoms. The summed E-state index contributed by atoms with van der Waals surface area (Å²) < 4.78 is 5.42. The normalized spacial score (nSPS) is 10.7. The zero-order chi connectivity index (χ0) is 13.5. The van der Waals surface area contributed by atoms with E-state index in [1.165, 1.54) is 0 Å². The summed E-state index contributed by atoms with van der Waals surface area (Å²) in [7, 11) is 1.80. The Morgan fingerprint density at radius 3 is 2.50 bits per heavy atom. The molecule has 0 unspecified atom stereocenters. The second kappa shape index (κ2) is 7.44. The number of hydrogen-bond acceptors (Lipinski definition) is 3. The molecule has 0 bridgehead atoms. The van der Waals surface area contributed by atoms with Crippen molar-refractivity contribution in [1.82, 2.24) is 4.90 Å². The average Bonchev–Trinajstić information content (AvgIpc) is 2.31. The second-order valence-electron chi connectivity index (χ2n) is 4.58. The van der Waals surface area contributed by atoms with Crippen LogP contribution in [0.2, 0.25) is 0 Å². The zero-order valence-electron chi connectivity index (χ0n) is 11.2. The Hall–Kier alpha value is -1.00. The lowest BCUT2D eigenvalue weighted by molar-refractivity contribution is -0.130. The van der Waals surface area contributed by atoms with Gasteiger partial charge in [-0.1, -0.05) is 12.1 Å². The van der Waals surface area contributed by atoms with Crippen molar-refractivity contribution in [2.45, 2.75) is 31.3 Å². The molecule has 4 heteroatoms. The molecule has 1 aromatic rings. The molecule has 0 aliphatic carbocycles. The number of rotatable bonds is 6. The summed E-state index contributed by atoms with van der Waals surface area (Å²) in [4.78, 5) is 14.5. The maximum Gasteiger partial charge on any atom is 0.226 e. The van der Waals surface area contributed by atoms with E-state index in [1.807, 2.05) is 38.1 Å². The highest BCUT2D eigenvalue weighted by Crippen LogP contribution is 2.09. The number of likely N-dealkylation sites (N-methyl/N-ethyl adjacent to an activating group) is 1. The molecule has 0 heterocycles. The van der Waals surface area contributed by atoms with Crippen molar-refractivity contribution in [3.63, 3.8) is 0 Å². The van der Waals surface area contributed by atoms with Gasteiger partial charge in [0.15, 0.2) is 0 Å². The van der Waals surface area contributed by atoms with Gasteiger partial charge >= 0.3 is 0 Å². The highest BCUT2D eigenvalue weighted by molar-refractivity contribution is 7.80. The first-order valence-electron chi connectivity index (χ1n) is 6.12. The summed E-state index contributed by atoms with van der Waals surface area (Å²) in [6.45, 7) is 5.18. The van der Waals surface area contributed by atoms with Crippen molar-refractivity contribution in [3.8, 4) is 0 Å². The number of hydrogen-bond donors (Lipinski definition) is 1. The second-order valence-corrected chi connectivity index (χ2v) is 5.09. The minimum absolute atomic E-state index is 0.106. The van der Waals surface area contributed by atoms with E-state index >= 15 is 0 Å². The summed E-state index contributed by atoms with van der Waals surface area (Å²) in [5.41, 5.74) is 1.01. The van der Waals surface area contributed by atoms with E-state index in [9.17, 15) is 4.79 Å². The molecular formula is C14H21NO2S. The van der Waals surface area contributed by atoms with Gasteiger partial charge in [0.25, 0.3) is 0 Å². The van der Waals surface area contributed by atoms with Crippen LogP contribution in [0.4, 0.5) is 0 Å². The largest absolute Gasteiger partial charge is 0.377 e. The van der Waals surface area contributed by atoms with E-state index in [1.54, 1.807) is 11.9 Å². The Morgan fingerprint density at radius 1 is 1.33 bits per heavy atom. The number of nitrogens with zero attached hydrogens (tertiary/aromatic N) is 1. The summed E-state index contributed by atoms with van der Waals surface area (Å²) >= 11 is 4.22. The third-order valence-electron chi connectivity index (χ3n) is 2.60. The van der Waals surface area contributed by atoms with Gasteiger partial charge in [-0.2, -0.15) is 0 Å². The van der Waals surface area contributed by atoms with Crippen LogP contribution in [0, 0.1) is 0 Å². The molecule has 18 heavy (non-hydrogen) atoms. The smallest absolute Gasteiger partial charge is 0.226 e. The molecule has 3 nitrogen and oxygen atoms in total. The Bertz CT molecular complexity index is 376. The molecule has 0 N–H and O–H groups in total. The van der Waals surface area contributed by atoms with Crippen LogP contribution in [0.15, 0.2) is 29.2 Å². The summed E-state index contributed by atoms with van der Waals surface area (Å²) in [5, 5.41) is 0. The van der Waals surface area contributed by atoms with Gasteiger partial charge in [0.2, 0.25) is 5.91 Å². The quantitative estimate of drug-likeness (QED) is 0.802. The van der Waals surface area contributed by atoms with Gasteiger partial charge in [-0.3, -0.25) is 4.79 Å². The fourth-order valence-corrected chi connectivity index (χ4v) is 1.62. The van der Waals surface area contributed by atoms with Gasteiger partial charge in [0.05, 0.1) is 19.1 Å². The number of carbonyl (C=O) groups is 1. The number of benzene rings is 1. The standard InChI is InChI=1S/C14H21NO2S/c1-11(2)17-9-8-15(3)14(16)10-12-4-6-13(18)7-5-12/h4-7,11,18H,8-10H2,1-3H3.